The number of hydrogen-bond acceptors (Lipinski definition) is 2. The van der Waals surface area contributed by atoms with Gasteiger partial charge in [-0.05, 0) is 43.9 Å². The molecule has 0 aromatic heterocycles. The molecule has 3 aliphatic rings. The molecular weight excluding hydrogens is 212 g/mol. The summed E-state index contributed by atoms with van der Waals surface area (Å²) in [7, 11) is 0. The molecule has 1 heterocycles. The van der Waals surface area contributed by atoms with Gasteiger partial charge in [-0.1, -0.05) is 26.3 Å². The highest BCUT2D eigenvalue weighted by molar-refractivity contribution is 5.94. The molecule has 1 aliphatic heterocycles. The summed E-state index contributed by atoms with van der Waals surface area (Å²) in [6.45, 7) is 9.11. The summed E-state index contributed by atoms with van der Waals surface area (Å²) in [4.78, 5) is 12.1. The Morgan fingerprint density at radius 3 is 2.65 bits per heavy atom. The van der Waals surface area contributed by atoms with Crippen LogP contribution in [0, 0.1) is 16.7 Å². The quantitative estimate of drug-likeness (QED) is 0.600. The molecule has 0 aromatic rings. The zero-order valence-corrected chi connectivity index (χ0v) is 11.3. The Kier molecular flexibility index (Phi) is 2.10. The lowest BCUT2D eigenvalue weighted by atomic mass is 9.50. The van der Waals surface area contributed by atoms with Crippen LogP contribution in [-0.2, 0) is 9.53 Å². The number of ether oxygens (including phenoxy) is 1. The van der Waals surface area contributed by atoms with Gasteiger partial charge in [0.15, 0.2) is 0 Å². The van der Waals surface area contributed by atoms with Crippen molar-refractivity contribution < 1.29 is 9.53 Å². The second-order valence-corrected chi connectivity index (χ2v) is 6.95. The van der Waals surface area contributed by atoms with E-state index in [1.54, 1.807) is 0 Å². The van der Waals surface area contributed by atoms with Crippen molar-refractivity contribution in [3.8, 4) is 0 Å². The minimum atomic E-state index is -0.0302. The van der Waals surface area contributed by atoms with Crippen molar-refractivity contribution in [3.63, 3.8) is 0 Å². The molecule has 0 N–H and O–H groups in total. The van der Waals surface area contributed by atoms with E-state index in [-0.39, 0.29) is 17.5 Å². The molecule has 0 aromatic carbocycles. The smallest absolute Gasteiger partial charge is 0.334 e. The molecule has 3 rings (SSSR count). The standard InChI is InChI=1S/C15H22O2/c1-9-5-6-10-14(2,3)8-7-11-15(10,4)12(9)13(16)17-11/h10-11H,5-8H2,1-4H3/t10-,11-,15+/m0/s1. The molecule has 17 heavy (non-hydrogen) atoms. The van der Waals surface area contributed by atoms with Gasteiger partial charge >= 0.3 is 5.97 Å². The average molecular weight is 234 g/mol. The monoisotopic (exact) mass is 234 g/mol. The fourth-order valence-electron chi connectivity index (χ4n) is 4.75. The molecule has 0 radical (unpaired) electrons. The zero-order valence-electron chi connectivity index (χ0n) is 11.3. The van der Waals surface area contributed by atoms with E-state index in [9.17, 15) is 4.79 Å². The van der Waals surface area contributed by atoms with Gasteiger partial charge in [0.1, 0.15) is 6.10 Å². The molecule has 0 unspecified atom stereocenters. The molecule has 1 saturated carbocycles. The summed E-state index contributed by atoms with van der Waals surface area (Å²) in [5.41, 5.74) is 2.62. The third-order valence-electron chi connectivity index (χ3n) is 5.61. The maximum absolute atomic E-state index is 12.1. The van der Waals surface area contributed by atoms with Gasteiger partial charge in [0.25, 0.3) is 0 Å². The molecule has 1 saturated heterocycles. The normalized spacial score (nSPS) is 43.4. The van der Waals surface area contributed by atoms with Gasteiger partial charge in [-0.2, -0.15) is 0 Å². The average Bonchev–Trinajstić information content (AvgIpc) is 2.47. The minimum Gasteiger partial charge on any atom is -0.458 e. The number of hydrogen-bond donors (Lipinski definition) is 0. The predicted molar refractivity (Wildman–Crippen MR) is 66.4 cm³/mol. The summed E-state index contributed by atoms with van der Waals surface area (Å²) in [5, 5.41) is 0. The molecule has 2 heteroatoms. The van der Waals surface area contributed by atoms with E-state index >= 15 is 0 Å². The van der Waals surface area contributed by atoms with Gasteiger partial charge in [-0.15, -0.1) is 0 Å². The highest BCUT2D eigenvalue weighted by Gasteiger charge is 2.62. The lowest BCUT2D eigenvalue weighted by Gasteiger charge is -2.53. The van der Waals surface area contributed by atoms with Crippen LogP contribution in [0.5, 0.6) is 0 Å². The second-order valence-electron chi connectivity index (χ2n) is 6.95. The fraction of sp³-hybridized carbons (Fsp3) is 0.800. The summed E-state index contributed by atoms with van der Waals surface area (Å²) in [6, 6.07) is 0. The minimum absolute atomic E-state index is 0.0127. The first kappa shape index (κ1) is 11.3. The first-order valence-electron chi connectivity index (χ1n) is 6.78. The molecule has 2 aliphatic carbocycles. The number of esters is 1. The zero-order chi connectivity index (χ0) is 12.4. The highest BCUT2D eigenvalue weighted by Crippen LogP contribution is 2.62. The van der Waals surface area contributed by atoms with Gasteiger partial charge in [-0.3, -0.25) is 0 Å². The van der Waals surface area contributed by atoms with Crippen LogP contribution in [-0.4, -0.2) is 12.1 Å². The van der Waals surface area contributed by atoms with Crippen LogP contribution < -0.4 is 0 Å². The lowest BCUT2D eigenvalue weighted by Crippen LogP contribution is -2.50. The van der Waals surface area contributed by atoms with E-state index in [2.05, 4.69) is 27.7 Å². The van der Waals surface area contributed by atoms with Crippen LogP contribution in [0.4, 0.5) is 0 Å². The summed E-state index contributed by atoms with van der Waals surface area (Å²) in [5.74, 6) is 0.566. The van der Waals surface area contributed by atoms with Gasteiger partial charge in [0, 0.05) is 11.0 Å². The summed E-state index contributed by atoms with van der Waals surface area (Å²) >= 11 is 0. The van der Waals surface area contributed by atoms with Crippen LogP contribution in [0.2, 0.25) is 0 Å². The Morgan fingerprint density at radius 2 is 1.94 bits per heavy atom. The summed E-state index contributed by atoms with van der Waals surface area (Å²) < 4.78 is 5.65. The van der Waals surface area contributed by atoms with Gasteiger partial charge in [-0.25, -0.2) is 4.79 Å². The van der Waals surface area contributed by atoms with Crippen molar-refractivity contribution in [3.05, 3.63) is 11.1 Å². The lowest BCUT2D eigenvalue weighted by molar-refractivity contribution is -0.143. The van der Waals surface area contributed by atoms with Crippen LogP contribution in [0.1, 0.15) is 53.4 Å². The Balaban J connectivity index is 2.17. The van der Waals surface area contributed by atoms with Crippen molar-refractivity contribution in [2.75, 3.05) is 0 Å². The van der Waals surface area contributed by atoms with Crippen LogP contribution in [0.3, 0.4) is 0 Å². The Bertz CT molecular complexity index is 419. The first-order valence-corrected chi connectivity index (χ1v) is 6.78. The van der Waals surface area contributed by atoms with E-state index in [0.717, 1.165) is 18.4 Å². The fourth-order valence-corrected chi connectivity index (χ4v) is 4.75. The molecule has 0 amide bonds. The largest absolute Gasteiger partial charge is 0.458 e. The Morgan fingerprint density at radius 1 is 1.24 bits per heavy atom. The van der Waals surface area contributed by atoms with Crippen molar-refractivity contribution in [2.45, 2.75) is 59.5 Å². The van der Waals surface area contributed by atoms with E-state index in [4.69, 9.17) is 4.74 Å². The second kappa shape index (κ2) is 3.15. The van der Waals surface area contributed by atoms with Gasteiger partial charge in [0.05, 0.1) is 0 Å². The third kappa shape index (κ3) is 1.24. The van der Waals surface area contributed by atoms with Crippen LogP contribution in [0.15, 0.2) is 11.1 Å². The maximum atomic E-state index is 12.1. The SMILES string of the molecule is CC1=C2C(=O)O[C@H]3CCC(C)(C)[C@H](CC1)[C@@]23C. The molecule has 2 nitrogen and oxygen atoms in total. The van der Waals surface area contributed by atoms with E-state index in [1.807, 2.05) is 0 Å². The molecule has 94 valence electrons. The molecule has 3 atom stereocenters. The molecule has 2 fully saturated rings. The number of rotatable bonds is 0. The first-order chi connectivity index (χ1) is 7.87. The number of carbonyl (C=O) groups is 1. The maximum Gasteiger partial charge on any atom is 0.334 e. The van der Waals surface area contributed by atoms with Crippen molar-refractivity contribution in [1.82, 2.24) is 0 Å². The predicted octanol–water partition coefficient (Wildman–Crippen LogP) is 3.46. The van der Waals surface area contributed by atoms with Crippen molar-refractivity contribution in [2.24, 2.45) is 16.7 Å². The van der Waals surface area contributed by atoms with Crippen molar-refractivity contribution in [1.29, 1.82) is 0 Å². The van der Waals surface area contributed by atoms with Gasteiger partial charge < -0.3 is 4.74 Å². The Hall–Kier alpha value is -0.790. The topological polar surface area (TPSA) is 26.3 Å². The molecule has 0 bridgehead atoms. The summed E-state index contributed by atoms with van der Waals surface area (Å²) in [6.07, 6.45) is 4.63. The third-order valence-corrected chi connectivity index (χ3v) is 5.61. The molecule has 0 spiro atoms. The Labute approximate surface area is 103 Å². The highest BCUT2D eigenvalue weighted by atomic mass is 16.6. The van der Waals surface area contributed by atoms with Crippen LogP contribution >= 0.6 is 0 Å². The molecular formula is C15H22O2. The van der Waals surface area contributed by atoms with Crippen LogP contribution in [0.25, 0.3) is 0 Å². The number of allylic oxidation sites excluding steroid dienone is 1. The number of carbonyl (C=O) groups excluding carboxylic acids is 1. The van der Waals surface area contributed by atoms with E-state index in [0.29, 0.717) is 11.3 Å². The van der Waals surface area contributed by atoms with Gasteiger partial charge in [0.2, 0.25) is 0 Å². The van der Waals surface area contributed by atoms with Crippen molar-refractivity contribution >= 4 is 5.97 Å². The van der Waals surface area contributed by atoms with E-state index in [1.165, 1.54) is 18.4 Å². The van der Waals surface area contributed by atoms with E-state index < -0.39 is 0 Å².